The molecule has 2 N–H and O–H groups in total. The van der Waals surface area contributed by atoms with Gasteiger partial charge < -0.3 is 15.4 Å². The number of ether oxygens (including phenoxy) is 1. The van der Waals surface area contributed by atoms with E-state index in [9.17, 15) is 0 Å². The predicted molar refractivity (Wildman–Crippen MR) is 115 cm³/mol. The highest BCUT2D eigenvalue weighted by Gasteiger charge is 2.20. The molecule has 0 radical (unpaired) electrons. The minimum Gasteiger partial charge on any atom is -0.459 e. The van der Waals surface area contributed by atoms with Crippen molar-refractivity contribution in [1.29, 1.82) is 0 Å². The number of hydrogen-bond acceptors (Lipinski definition) is 6. The number of nitrogens with zero attached hydrogens (tertiary/aromatic N) is 4. The minimum atomic E-state index is 0.0650. The Bertz CT molecular complexity index is 1000. The molecule has 4 rings (SSSR count). The fraction of sp³-hybridized carbons (Fsp3) is 0.450. The minimum absolute atomic E-state index is 0.0650. The van der Waals surface area contributed by atoms with Gasteiger partial charge in [0.15, 0.2) is 5.65 Å². The van der Waals surface area contributed by atoms with Gasteiger partial charge in [-0.15, -0.1) is 0 Å². The van der Waals surface area contributed by atoms with Crippen LogP contribution < -0.4 is 15.4 Å². The molecule has 1 aromatic carbocycles. The summed E-state index contributed by atoms with van der Waals surface area (Å²) in [6, 6.07) is 5.79. The van der Waals surface area contributed by atoms with Crippen molar-refractivity contribution in [3.63, 3.8) is 0 Å². The second-order valence-electron chi connectivity index (χ2n) is 7.50. The lowest BCUT2D eigenvalue weighted by Crippen LogP contribution is -2.37. The van der Waals surface area contributed by atoms with E-state index in [1.54, 1.807) is 10.6 Å². The molecule has 3 aromatic rings. The summed E-state index contributed by atoms with van der Waals surface area (Å²) < 4.78 is 7.80. The molecule has 1 fully saturated rings. The van der Waals surface area contributed by atoms with Crippen molar-refractivity contribution < 1.29 is 4.74 Å². The maximum absolute atomic E-state index is 6.31. The number of aromatic nitrogens is 4. The number of piperidine rings is 1. The summed E-state index contributed by atoms with van der Waals surface area (Å²) in [4.78, 5) is 9.24. The van der Waals surface area contributed by atoms with Gasteiger partial charge in [-0.25, -0.2) is 0 Å². The SMILES string of the molecule is CC(C)c1cnn2c(NCc3ccc(Cl)cc3Cl)nc(O[C@@H]3CCCNC3)nc12. The lowest BCUT2D eigenvalue weighted by atomic mass is 10.1. The summed E-state index contributed by atoms with van der Waals surface area (Å²) in [5.74, 6) is 0.844. The molecule has 1 aliphatic heterocycles. The first-order valence-electron chi connectivity index (χ1n) is 9.82. The Morgan fingerprint density at radius 3 is 2.90 bits per heavy atom. The molecule has 0 amide bonds. The highest BCUT2D eigenvalue weighted by Crippen LogP contribution is 2.25. The van der Waals surface area contributed by atoms with Gasteiger partial charge in [-0.05, 0) is 43.0 Å². The topological polar surface area (TPSA) is 76.4 Å². The van der Waals surface area contributed by atoms with E-state index in [0.717, 1.165) is 42.7 Å². The van der Waals surface area contributed by atoms with E-state index in [1.165, 1.54) is 0 Å². The highest BCUT2D eigenvalue weighted by atomic mass is 35.5. The van der Waals surface area contributed by atoms with Crippen LogP contribution in [-0.2, 0) is 6.54 Å². The number of anilines is 1. The highest BCUT2D eigenvalue weighted by molar-refractivity contribution is 6.35. The Morgan fingerprint density at radius 2 is 2.17 bits per heavy atom. The average Bonchev–Trinajstić information content (AvgIpc) is 3.12. The first kappa shape index (κ1) is 20.2. The predicted octanol–water partition coefficient (Wildman–Crippen LogP) is 4.30. The lowest BCUT2D eigenvalue weighted by molar-refractivity contribution is 0.153. The van der Waals surface area contributed by atoms with Crippen molar-refractivity contribution >= 4 is 34.8 Å². The molecule has 0 unspecified atom stereocenters. The average molecular weight is 435 g/mol. The zero-order valence-corrected chi connectivity index (χ0v) is 18.0. The summed E-state index contributed by atoms with van der Waals surface area (Å²) >= 11 is 12.3. The van der Waals surface area contributed by atoms with Crippen LogP contribution in [0.4, 0.5) is 5.95 Å². The zero-order valence-electron chi connectivity index (χ0n) is 16.5. The van der Waals surface area contributed by atoms with Gasteiger partial charge in [0, 0.05) is 28.7 Å². The number of rotatable bonds is 6. The van der Waals surface area contributed by atoms with Crippen molar-refractivity contribution in [3.05, 3.63) is 45.6 Å². The zero-order chi connectivity index (χ0) is 20.4. The number of hydrogen-bond donors (Lipinski definition) is 2. The van der Waals surface area contributed by atoms with Crippen LogP contribution in [0.3, 0.4) is 0 Å². The van der Waals surface area contributed by atoms with Gasteiger partial charge in [-0.3, -0.25) is 0 Å². The van der Waals surface area contributed by atoms with E-state index in [-0.39, 0.29) is 12.0 Å². The molecule has 1 saturated heterocycles. The Morgan fingerprint density at radius 1 is 1.31 bits per heavy atom. The van der Waals surface area contributed by atoms with E-state index in [4.69, 9.17) is 27.9 Å². The van der Waals surface area contributed by atoms with E-state index < -0.39 is 0 Å². The molecule has 154 valence electrons. The largest absolute Gasteiger partial charge is 0.459 e. The van der Waals surface area contributed by atoms with Crippen LogP contribution in [0.25, 0.3) is 5.65 Å². The van der Waals surface area contributed by atoms with Crippen molar-refractivity contribution in [1.82, 2.24) is 24.9 Å². The maximum atomic E-state index is 6.31. The van der Waals surface area contributed by atoms with Crippen LogP contribution in [0.2, 0.25) is 10.0 Å². The molecule has 0 bridgehead atoms. The van der Waals surface area contributed by atoms with Gasteiger partial charge in [0.25, 0.3) is 0 Å². The van der Waals surface area contributed by atoms with Gasteiger partial charge in [-0.2, -0.15) is 19.6 Å². The third-order valence-electron chi connectivity index (χ3n) is 4.97. The Balaban J connectivity index is 1.65. The molecule has 1 aliphatic rings. The van der Waals surface area contributed by atoms with Gasteiger partial charge >= 0.3 is 6.01 Å². The molecule has 0 saturated carbocycles. The second-order valence-corrected chi connectivity index (χ2v) is 8.34. The molecule has 1 atom stereocenters. The summed E-state index contributed by atoms with van der Waals surface area (Å²) in [5, 5.41) is 12.4. The Kier molecular flexibility index (Phi) is 6.08. The first-order chi connectivity index (χ1) is 14.0. The quantitative estimate of drug-likeness (QED) is 0.602. The van der Waals surface area contributed by atoms with Crippen molar-refractivity contribution in [3.8, 4) is 6.01 Å². The second kappa shape index (κ2) is 8.73. The van der Waals surface area contributed by atoms with Crippen LogP contribution in [0, 0.1) is 0 Å². The number of benzene rings is 1. The molecular formula is C20H24Cl2N6O. The number of fused-ring (bicyclic) bond motifs is 1. The van der Waals surface area contributed by atoms with Crippen molar-refractivity contribution in [2.45, 2.75) is 45.3 Å². The summed E-state index contributed by atoms with van der Waals surface area (Å²) in [6.45, 7) is 6.53. The fourth-order valence-electron chi connectivity index (χ4n) is 3.36. The molecule has 7 nitrogen and oxygen atoms in total. The molecule has 29 heavy (non-hydrogen) atoms. The lowest BCUT2D eigenvalue weighted by Gasteiger charge is -2.23. The van der Waals surface area contributed by atoms with Crippen LogP contribution in [0.1, 0.15) is 43.7 Å². The van der Waals surface area contributed by atoms with Crippen LogP contribution in [-0.4, -0.2) is 38.8 Å². The standard InChI is InChI=1S/C20H24Cl2N6O/c1-12(2)16-11-25-28-18(16)26-20(29-15-4-3-7-23-10-15)27-19(28)24-9-13-5-6-14(21)8-17(13)22/h5-6,8,11-12,15,23H,3-4,7,9-10H2,1-2H3,(H,24,26,27)/t15-/m1/s1. The summed E-state index contributed by atoms with van der Waals surface area (Å²) in [6.07, 6.45) is 3.97. The first-order valence-corrected chi connectivity index (χ1v) is 10.6. The van der Waals surface area contributed by atoms with Gasteiger partial charge in [0.2, 0.25) is 5.95 Å². The fourth-order valence-corrected chi connectivity index (χ4v) is 3.83. The normalized spacial score (nSPS) is 17.1. The molecule has 0 aliphatic carbocycles. The van der Waals surface area contributed by atoms with Crippen molar-refractivity contribution in [2.24, 2.45) is 0 Å². The Hall–Kier alpha value is -2.09. The molecule has 3 heterocycles. The van der Waals surface area contributed by atoms with E-state index in [2.05, 4.69) is 39.5 Å². The summed E-state index contributed by atoms with van der Waals surface area (Å²) in [7, 11) is 0. The van der Waals surface area contributed by atoms with Crippen LogP contribution >= 0.6 is 23.2 Å². The number of halogens is 2. The van der Waals surface area contributed by atoms with Gasteiger partial charge in [0.05, 0.1) is 6.20 Å². The van der Waals surface area contributed by atoms with Crippen molar-refractivity contribution in [2.75, 3.05) is 18.4 Å². The maximum Gasteiger partial charge on any atom is 0.322 e. The van der Waals surface area contributed by atoms with E-state index >= 15 is 0 Å². The van der Waals surface area contributed by atoms with E-state index in [1.807, 2.05) is 18.3 Å². The smallest absolute Gasteiger partial charge is 0.322 e. The summed E-state index contributed by atoms with van der Waals surface area (Å²) in [5.41, 5.74) is 2.71. The monoisotopic (exact) mass is 434 g/mol. The molecule has 0 spiro atoms. The third-order valence-corrected chi connectivity index (χ3v) is 5.56. The van der Waals surface area contributed by atoms with Gasteiger partial charge in [0.1, 0.15) is 6.10 Å². The Labute approximate surface area is 179 Å². The molecule has 2 aromatic heterocycles. The van der Waals surface area contributed by atoms with Gasteiger partial charge in [-0.1, -0.05) is 43.1 Å². The number of nitrogens with one attached hydrogen (secondary N) is 2. The van der Waals surface area contributed by atoms with Crippen LogP contribution in [0.5, 0.6) is 6.01 Å². The van der Waals surface area contributed by atoms with Crippen LogP contribution in [0.15, 0.2) is 24.4 Å². The third kappa shape index (κ3) is 4.57. The van der Waals surface area contributed by atoms with E-state index in [0.29, 0.717) is 28.5 Å². The molecular weight excluding hydrogens is 411 g/mol. The molecule has 9 heteroatoms.